The van der Waals surface area contributed by atoms with Gasteiger partial charge in [-0.15, -0.1) is 0 Å². The van der Waals surface area contributed by atoms with Crippen molar-refractivity contribution in [3.63, 3.8) is 0 Å². The minimum Gasteiger partial charge on any atom is -0.0654 e. The lowest BCUT2D eigenvalue weighted by molar-refractivity contribution is -0.133. The van der Waals surface area contributed by atoms with Gasteiger partial charge in [-0.05, 0) is 73.5 Å². The lowest BCUT2D eigenvalue weighted by Crippen LogP contribution is -2.53. The highest BCUT2D eigenvalue weighted by atomic mass is 14.6. The van der Waals surface area contributed by atoms with Crippen LogP contribution in [0.5, 0.6) is 0 Å². The van der Waals surface area contributed by atoms with Gasteiger partial charge in [0.1, 0.15) is 0 Å². The van der Waals surface area contributed by atoms with E-state index < -0.39 is 0 Å². The van der Waals surface area contributed by atoms with Crippen LogP contribution in [0.15, 0.2) is 0 Å². The van der Waals surface area contributed by atoms with Crippen molar-refractivity contribution < 1.29 is 0 Å². The Hall–Kier alpha value is 0. The van der Waals surface area contributed by atoms with Crippen LogP contribution in [-0.2, 0) is 0 Å². The topological polar surface area (TPSA) is 0 Å². The molecule has 4 aliphatic carbocycles. The molecular weight excluding hydrogens is 192 g/mol. The second kappa shape index (κ2) is 3.50. The molecule has 2 unspecified atom stereocenters. The van der Waals surface area contributed by atoms with E-state index in [0.717, 1.165) is 28.6 Å². The smallest absolute Gasteiger partial charge is 0.0264 e. The summed E-state index contributed by atoms with van der Waals surface area (Å²) in [7, 11) is 0. The van der Waals surface area contributed by atoms with Crippen molar-refractivity contribution in [2.24, 2.45) is 28.6 Å². The highest BCUT2D eigenvalue weighted by Crippen LogP contribution is 2.68. The lowest BCUT2D eigenvalue weighted by atomic mass is 9.41. The van der Waals surface area contributed by atoms with Crippen molar-refractivity contribution in [1.29, 1.82) is 0 Å². The first-order valence-corrected chi connectivity index (χ1v) is 7.57. The second-order valence-electron chi connectivity index (χ2n) is 7.73. The van der Waals surface area contributed by atoms with E-state index in [9.17, 15) is 0 Å². The Kier molecular flexibility index (Phi) is 2.43. The minimum absolute atomic E-state index is 0.763. The Labute approximate surface area is 101 Å². The average Bonchev–Trinajstić information content (AvgIpc) is 2.14. The molecule has 4 fully saturated rings. The third-order valence-corrected chi connectivity index (χ3v) is 6.23. The molecule has 4 rings (SSSR count). The highest BCUT2D eigenvalue weighted by Gasteiger charge is 2.57. The molecule has 0 saturated heterocycles. The molecule has 0 aromatic carbocycles. The van der Waals surface area contributed by atoms with Crippen LogP contribution in [0.3, 0.4) is 0 Å². The Balaban J connectivity index is 1.90. The summed E-state index contributed by atoms with van der Waals surface area (Å²) >= 11 is 0. The van der Waals surface area contributed by atoms with Gasteiger partial charge < -0.3 is 0 Å². The maximum atomic E-state index is 2.49. The first-order valence-electron chi connectivity index (χ1n) is 7.57. The monoisotopic (exact) mass is 220 g/mol. The molecule has 2 atom stereocenters. The zero-order valence-corrected chi connectivity index (χ0v) is 11.4. The van der Waals surface area contributed by atoms with Crippen LogP contribution >= 0.6 is 0 Å². The Bertz CT molecular complexity index is 262. The molecule has 16 heavy (non-hydrogen) atoms. The van der Waals surface area contributed by atoms with Gasteiger partial charge in [0.05, 0.1) is 0 Å². The molecule has 0 amide bonds. The molecule has 0 aromatic rings. The molecule has 4 bridgehead atoms. The zero-order chi connectivity index (χ0) is 11.4. The van der Waals surface area contributed by atoms with Crippen molar-refractivity contribution in [3.05, 3.63) is 0 Å². The van der Waals surface area contributed by atoms with Crippen molar-refractivity contribution in [1.82, 2.24) is 0 Å². The van der Waals surface area contributed by atoms with E-state index in [0.29, 0.717) is 0 Å². The summed E-state index contributed by atoms with van der Waals surface area (Å²) in [6.45, 7) is 7.38. The largest absolute Gasteiger partial charge is 0.0654 e. The predicted molar refractivity (Wildman–Crippen MR) is 69.3 cm³/mol. The second-order valence-corrected chi connectivity index (χ2v) is 7.73. The summed E-state index contributed by atoms with van der Waals surface area (Å²) in [4.78, 5) is 0. The first kappa shape index (κ1) is 11.1. The fourth-order valence-corrected chi connectivity index (χ4v) is 6.02. The zero-order valence-electron chi connectivity index (χ0n) is 11.4. The molecule has 0 heterocycles. The standard InChI is InChI=1S/C16H28/c1-4-5-15-7-13-6-14(8-15)10-16(9-13,11-15)12(2)3/h12-14H,4-11H2,1-3H3. The molecule has 0 radical (unpaired) electrons. The normalized spacial score (nSPS) is 50.2. The van der Waals surface area contributed by atoms with E-state index in [1.807, 2.05) is 0 Å². The molecule has 0 nitrogen and oxygen atoms in total. The van der Waals surface area contributed by atoms with Gasteiger partial charge in [0, 0.05) is 0 Å². The predicted octanol–water partition coefficient (Wildman–Crippen LogP) is 5.03. The van der Waals surface area contributed by atoms with Crippen molar-refractivity contribution >= 4 is 0 Å². The van der Waals surface area contributed by atoms with Crippen LogP contribution < -0.4 is 0 Å². The summed E-state index contributed by atoms with van der Waals surface area (Å²) in [6, 6.07) is 0. The van der Waals surface area contributed by atoms with E-state index in [1.165, 1.54) is 12.8 Å². The Morgan fingerprint density at radius 2 is 1.69 bits per heavy atom. The van der Waals surface area contributed by atoms with Gasteiger partial charge in [0.15, 0.2) is 0 Å². The van der Waals surface area contributed by atoms with Gasteiger partial charge in [0.25, 0.3) is 0 Å². The van der Waals surface area contributed by atoms with E-state index in [1.54, 1.807) is 38.5 Å². The van der Waals surface area contributed by atoms with Gasteiger partial charge in [-0.25, -0.2) is 0 Å². The Morgan fingerprint density at radius 3 is 2.19 bits per heavy atom. The molecule has 0 aromatic heterocycles. The maximum Gasteiger partial charge on any atom is -0.0264 e. The van der Waals surface area contributed by atoms with E-state index in [4.69, 9.17) is 0 Å². The van der Waals surface area contributed by atoms with Crippen molar-refractivity contribution in [2.45, 2.75) is 72.1 Å². The van der Waals surface area contributed by atoms with Gasteiger partial charge in [-0.1, -0.05) is 27.2 Å². The summed E-state index contributed by atoms with van der Waals surface area (Å²) in [6.07, 6.45) is 12.4. The van der Waals surface area contributed by atoms with Crippen LogP contribution in [-0.4, -0.2) is 0 Å². The van der Waals surface area contributed by atoms with E-state index in [-0.39, 0.29) is 0 Å². The molecule has 0 N–H and O–H groups in total. The van der Waals surface area contributed by atoms with Crippen LogP contribution in [0.1, 0.15) is 72.1 Å². The molecule has 4 saturated carbocycles. The number of rotatable bonds is 3. The van der Waals surface area contributed by atoms with Crippen LogP contribution in [0.4, 0.5) is 0 Å². The fourth-order valence-electron chi connectivity index (χ4n) is 6.02. The molecule has 92 valence electrons. The van der Waals surface area contributed by atoms with Crippen molar-refractivity contribution in [2.75, 3.05) is 0 Å². The SMILES string of the molecule is CCCC12CC3CC(C1)CC(C(C)C)(C3)C2. The highest BCUT2D eigenvalue weighted by molar-refractivity contribution is 5.08. The third kappa shape index (κ3) is 1.48. The first-order chi connectivity index (χ1) is 7.57. The summed E-state index contributed by atoms with van der Waals surface area (Å²) in [5, 5.41) is 0. The van der Waals surface area contributed by atoms with Gasteiger partial charge in [-0.3, -0.25) is 0 Å². The average molecular weight is 220 g/mol. The quantitative estimate of drug-likeness (QED) is 0.626. The van der Waals surface area contributed by atoms with Crippen LogP contribution in [0.25, 0.3) is 0 Å². The molecule has 0 aliphatic heterocycles. The van der Waals surface area contributed by atoms with Gasteiger partial charge in [0.2, 0.25) is 0 Å². The molecule has 4 aliphatic rings. The number of hydrogen-bond donors (Lipinski definition) is 0. The fraction of sp³-hybridized carbons (Fsp3) is 1.00. The van der Waals surface area contributed by atoms with Crippen molar-refractivity contribution in [3.8, 4) is 0 Å². The van der Waals surface area contributed by atoms with E-state index in [2.05, 4.69) is 20.8 Å². The lowest BCUT2D eigenvalue weighted by Gasteiger charge is -2.64. The third-order valence-electron chi connectivity index (χ3n) is 6.23. The molecular formula is C16H28. The van der Waals surface area contributed by atoms with Crippen LogP contribution in [0.2, 0.25) is 0 Å². The summed E-state index contributed by atoms with van der Waals surface area (Å²) in [5.74, 6) is 3.14. The van der Waals surface area contributed by atoms with Gasteiger partial charge in [-0.2, -0.15) is 0 Å². The summed E-state index contributed by atoms with van der Waals surface area (Å²) in [5.41, 5.74) is 1.56. The molecule has 0 spiro atoms. The van der Waals surface area contributed by atoms with Crippen LogP contribution in [0, 0.1) is 28.6 Å². The minimum atomic E-state index is 0.763. The molecule has 0 heteroatoms. The van der Waals surface area contributed by atoms with Gasteiger partial charge >= 0.3 is 0 Å². The number of hydrogen-bond acceptors (Lipinski definition) is 0. The Morgan fingerprint density at radius 1 is 1.06 bits per heavy atom. The summed E-state index contributed by atoms with van der Waals surface area (Å²) < 4.78 is 0. The maximum absolute atomic E-state index is 2.49. The van der Waals surface area contributed by atoms with E-state index >= 15 is 0 Å².